The molecule has 0 heterocycles. The summed E-state index contributed by atoms with van der Waals surface area (Å²) in [6, 6.07) is 22.5. The van der Waals surface area contributed by atoms with Gasteiger partial charge in [-0.2, -0.15) is 26.7 Å². The molecule has 0 aromatic heterocycles. The fourth-order valence-electron chi connectivity index (χ4n) is 4.29. The zero-order chi connectivity index (χ0) is 27.1. The van der Waals surface area contributed by atoms with E-state index in [-0.39, 0.29) is 13.5 Å². The van der Waals surface area contributed by atoms with Gasteiger partial charge in [0.2, 0.25) is 0 Å². The van der Waals surface area contributed by atoms with Gasteiger partial charge in [-0.05, 0) is 86.1 Å². The van der Waals surface area contributed by atoms with Gasteiger partial charge in [-0.3, -0.25) is 0 Å². The van der Waals surface area contributed by atoms with Crippen molar-refractivity contribution < 1.29 is 18.3 Å². The van der Waals surface area contributed by atoms with E-state index in [4.69, 9.17) is 0 Å². The van der Waals surface area contributed by atoms with Crippen LogP contribution in [0.5, 0.6) is 0 Å². The molecular formula is C30H39F3N2OS2. The quantitative estimate of drug-likeness (QED) is 0.226. The minimum absolute atomic E-state index is 0. The van der Waals surface area contributed by atoms with Gasteiger partial charge in [-0.15, -0.1) is 0 Å². The van der Waals surface area contributed by atoms with Crippen molar-refractivity contribution >= 4 is 25.4 Å². The zero-order valence-electron chi connectivity index (χ0n) is 22.5. The van der Waals surface area contributed by atoms with Crippen LogP contribution in [0.2, 0.25) is 0 Å². The van der Waals surface area contributed by atoms with Crippen molar-refractivity contribution in [2.45, 2.75) is 62.7 Å². The largest absolute Gasteiger partial charge is 0.416 e. The van der Waals surface area contributed by atoms with Crippen molar-refractivity contribution in [2.75, 3.05) is 20.1 Å². The van der Waals surface area contributed by atoms with Crippen molar-refractivity contribution in [1.82, 2.24) is 9.62 Å². The molecule has 3 rings (SSSR count). The fraction of sp³-hybridized carbons (Fsp3) is 0.400. The van der Waals surface area contributed by atoms with Crippen LogP contribution in [0.15, 0.2) is 77.7 Å². The number of alkyl halides is 3. The second-order valence-electron chi connectivity index (χ2n) is 10.2. The molecule has 2 N–H and O–H groups in total. The maximum atomic E-state index is 13.0. The van der Waals surface area contributed by atoms with Crippen molar-refractivity contribution in [3.63, 3.8) is 0 Å². The van der Waals surface area contributed by atoms with Gasteiger partial charge in [0.05, 0.1) is 11.7 Å². The summed E-state index contributed by atoms with van der Waals surface area (Å²) < 4.78 is 41.1. The SMILES string of the molecule is CCCc1ccc(-c2cccc(SN(C)CC(O)CNC(C)(C)Cc3cccc(C(F)(F)F)c3)c2)cc1.S. The second kappa shape index (κ2) is 14.4. The first-order valence-corrected chi connectivity index (χ1v) is 13.4. The minimum atomic E-state index is -4.36. The molecule has 1 unspecified atom stereocenters. The summed E-state index contributed by atoms with van der Waals surface area (Å²) in [5, 5.41) is 13.9. The lowest BCUT2D eigenvalue weighted by Crippen LogP contribution is -2.46. The molecule has 0 aliphatic rings. The number of hydrogen-bond donors (Lipinski definition) is 2. The van der Waals surface area contributed by atoms with Crippen molar-refractivity contribution in [3.05, 3.63) is 89.5 Å². The Balaban J connectivity index is 0.00000507. The third-order valence-electron chi connectivity index (χ3n) is 6.11. The highest BCUT2D eigenvalue weighted by Gasteiger charge is 2.31. The molecule has 0 saturated carbocycles. The third kappa shape index (κ3) is 10.3. The first-order valence-electron chi connectivity index (χ1n) is 12.6. The van der Waals surface area contributed by atoms with Crippen molar-refractivity contribution in [2.24, 2.45) is 0 Å². The number of aryl methyl sites for hydroxylation is 1. The molecule has 0 amide bonds. The first kappa shape index (κ1) is 32.2. The Morgan fingerprint density at radius 2 is 1.61 bits per heavy atom. The molecule has 0 aliphatic heterocycles. The molecule has 0 saturated heterocycles. The third-order valence-corrected chi connectivity index (χ3v) is 7.03. The highest BCUT2D eigenvalue weighted by molar-refractivity contribution is 7.97. The molecule has 8 heteroatoms. The number of likely N-dealkylation sites (N-methyl/N-ethyl adjacent to an activating group) is 1. The average Bonchev–Trinajstić information content (AvgIpc) is 2.83. The van der Waals surface area contributed by atoms with Gasteiger partial charge in [0.25, 0.3) is 0 Å². The maximum absolute atomic E-state index is 13.0. The van der Waals surface area contributed by atoms with E-state index < -0.39 is 23.4 Å². The highest BCUT2D eigenvalue weighted by Crippen LogP contribution is 2.30. The molecule has 0 fully saturated rings. The second-order valence-corrected chi connectivity index (χ2v) is 11.4. The first-order chi connectivity index (χ1) is 17.4. The van der Waals surface area contributed by atoms with E-state index in [1.54, 1.807) is 18.0 Å². The van der Waals surface area contributed by atoms with Crippen LogP contribution in [0.1, 0.15) is 43.9 Å². The lowest BCUT2D eigenvalue weighted by molar-refractivity contribution is -0.137. The summed E-state index contributed by atoms with van der Waals surface area (Å²) in [4.78, 5) is 1.09. The van der Waals surface area contributed by atoms with E-state index in [0.717, 1.165) is 29.4 Å². The van der Waals surface area contributed by atoms with E-state index in [0.29, 0.717) is 25.1 Å². The van der Waals surface area contributed by atoms with Gasteiger partial charge in [0.15, 0.2) is 0 Å². The molecule has 3 aromatic carbocycles. The Morgan fingerprint density at radius 1 is 0.921 bits per heavy atom. The van der Waals surface area contributed by atoms with E-state index in [9.17, 15) is 18.3 Å². The topological polar surface area (TPSA) is 35.5 Å². The lowest BCUT2D eigenvalue weighted by Gasteiger charge is -2.29. The fourth-order valence-corrected chi connectivity index (χ4v) is 5.21. The summed E-state index contributed by atoms with van der Waals surface area (Å²) in [7, 11) is 1.94. The van der Waals surface area contributed by atoms with Crippen LogP contribution >= 0.6 is 25.4 Å². The number of aliphatic hydroxyl groups excluding tert-OH is 1. The summed E-state index contributed by atoms with van der Waals surface area (Å²) in [5.41, 5.74) is 3.17. The molecular weight excluding hydrogens is 525 g/mol. The van der Waals surface area contributed by atoms with E-state index in [1.807, 2.05) is 31.3 Å². The van der Waals surface area contributed by atoms with Gasteiger partial charge in [0, 0.05) is 23.5 Å². The van der Waals surface area contributed by atoms with Gasteiger partial charge >= 0.3 is 6.18 Å². The van der Waals surface area contributed by atoms with Crippen LogP contribution in [-0.2, 0) is 19.0 Å². The number of benzene rings is 3. The number of β-amino-alcohol motifs (C(OH)–C–C–N with tert-alkyl or cyclic N) is 1. The number of hydrogen-bond acceptors (Lipinski definition) is 4. The molecule has 0 aliphatic carbocycles. The molecule has 3 aromatic rings. The van der Waals surface area contributed by atoms with Gasteiger partial charge in [-0.1, -0.05) is 67.9 Å². The molecule has 38 heavy (non-hydrogen) atoms. The summed E-state index contributed by atoms with van der Waals surface area (Å²) in [6.45, 7) is 6.81. The highest BCUT2D eigenvalue weighted by atomic mass is 32.2. The maximum Gasteiger partial charge on any atom is 0.416 e. The van der Waals surface area contributed by atoms with Gasteiger partial charge < -0.3 is 10.4 Å². The Morgan fingerprint density at radius 3 is 2.26 bits per heavy atom. The summed E-state index contributed by atoms with van der Waals surface area (Å²) in [5.74, 6) is 0. The Labute approximate surface area is 236 Å². The normalized spacial score (nSPS) is 12.9. The molecule has 3 nitrogen and oxygen atoms in total. The van der Waals surface area contributed by atoms with Crippen molar-refractivity contribution in [3.8, 4) is 11.1 Å². The van der Waals surface area contributed by atoms with Crippen LogP contribution in [-0.4, -0.2) is 41.2 Å². The Bertz CT molecular complexity index is 1140. The Hall–Kier alpha value is -1.97. The number of nitrogens with one attached hydrogen (secondary N) is 1. The standard InChI is InChI=1S/C30H37F3N2OS.H2S/c1-5-8-22-13-15-24(16-14-22)25-10-7-12-28(18-25)37-35(4)21-27(36)20-34-29(2,3)19-23-9-6-11-26(17-23)30(31,32)33;/h6-7,9-18,27,34,36H,5,8,19-21H2,1-4H3;1H2. The summed E-state index contributed by atoms with van der Waals surface area (Å²) in [6.07, 6.45) is -2.36. The van der Waals surface area contributed by atoms with Crippen LogP contribution in [0.25, 0.3) is 11.1 Å². The molecule has 0 bridgehead atoms. The van der Waals surface area contributed by atoms with Crippen molar-refractivity contribution in [1.29, 1.82) is 0 Å². The van der Waals surface area contributed by atoms with E-state index >= 15 is 0 Å². The van der Waals surface area contributed by atoms with Gasteiger partial charge in [0.1, 0.15) is 0 Å². The summed E-state index contributed by atoms with van der Waals surface area (Å²) >= 11 is 1.57. The Kier molecular flexibility index (Phi) is 12.2. The number of halogens is 3. The predicted octanol–water partition coefficient (Wildman–Crippen LogP) is 7.35. The minimum Gasteiger partial charge on any atom is -0.390 e. The average molecular weight is 565 g/mol. The van der Waals surface area contributed by atoms with Crippen LogP contribution in [0.3, 0.4) is 0 Å². The van der Waals surface area contributed by atoms with Crippen LogP contribution in [0.4, 0.5) is 13.2 Å². The number of aliphatic hydroxyl groups is 1. The zero-order valence-corrected chi connectivity index (χ0v) is 24.3. The lowest BCUT2D eigenvalue weighted by atomic mass is 9.93. The molecule has 1 atom stereocenters. The van der Waals surface area contributed by atoms with Crippen LogP contribution < -0.4 is 5.32 Å². The smallest absolute Gasteiger partial charge is 0.390 e. The monoisotopic (exact) mass is 564 g/mol. The molecule has 0 spiro atoms. The van der Waals surface area contributed by atoms with Gasteiger partial charge in [-0.25, -0.2) is 4.31 Å². The molecule has 0 radical (unpaired) electrons. The van der Waals surface area contributed by atoms with E-state index in [1.165, 1.54) is 23.3 Å². The van der Waals surface area contributed by atoms with E-state index in [2.05, 4.69) is 54.7 Å². The predicted molar refractivity (Wildman–Crippen MR) is 158 cm³/mol. The number of rotatable bonds is 12. The van der Waals surface area contributed by atoms with Crippen LogP contribution in [0, 0.1) is 0 Å². The number of nitrogens with zero attached hydrogens (tertiary/aromatic N) is 1. The molecule has 208 valence electrons.